The first kappa shape index (κ1) is 18.2. The summed E-state index contributed by atoms with van der Waals surface area (Å²) in [4.78, 5) is 28.0. The molecule has 4 rings (SSSR count). The Kier molecular flexibility index (Phi) is 4.76. The lowest BCUT2D eigenvalue weighted by Gasteiger charge is -2.35. The molecule has 2 aliphatic rings. The van der Waals surface area contributed by atoms with Crippen LogP contribution < -0.4 is 10.9 Å². The number of benzene rings is 1. The summed E-state index contributed by atoms with van der Waals surface area (Å²) in [7, 11) is 1.88. The van der Waals surface area contributed by atoms with Gasteiger partial charge in [-0.05, 0) is 37.7 Å². The summed E-state index contributed by atoms with van der Waals surface area (Å²) in [6, 6.07) is 8.58. The summed E-state index contributed by atoms with van der Waals surface area (Å²) in [5.74, 6) is 0.187. The number of fused-ring (bicyclic) bond motifs is 3. The van der Waals surface area contributed by atoms with Gasteiger partial charge in [-0.1, -0.05) is 32.0 Å². The number of aromatic nitrogens is 2. The number of amides is 1. The van der Waals surface area contributed by atoms with Crippen LogP contribution in [0.25, 0.3) is 10.8 Å². The molecule has 144 valence electrons. The van der Waals surface area contributed by atoms with E-state index >= 15 is 0 Å². The quantitative estimate of drug-likeness (QED) is 0.900. The fourth-order valence-electron chi connectivity index (χ4n) is 4.54. The molecule has 2 bridgehead atoms. The first-order valence-electron chi connectivity index (χ1n) is 9.97. The summed E-state index contributed by atoms with van der Waals surface area (Å²) < 4.78 is 1.46. The van der Waals surface area contributed by atoms with Crippen molar-refractivity contribution in [1.29, 1.82) is 0 Å². The van der Waals surface area contributed by atoms with Gasteiger partial charge in [-0.2, -0.15) is 5.10 Å². The molecule has 2 fully saturated rings. The number of rotatable bonds is 4. The van der Waals surface area contributed by atoms with Crippen LogP contribution in [0.4, 0.5) is 0 Å². The van der Waals surface area contributed by atoms with E-state index in [-0.39, 0.29) is 23.4 Å². The van der Waals surface area contributed by atoms with E-state index in [9.17, 15) is 9.59 Å². The highest BCUT2D eigenvalue weighted by atomic mass is 16.2. The van der Waals surface area contributed by atoms with Gasteiger partial charge in [0.15, 0.2) is 5.69 Å². The molecule has 0 aliphatic carbocycles. The molecule has 27 heavy (non-hydrogen) atoms. The second kappa shape index (κ2) is 7.08. The standard InChI is InChI=1S/C21H28N4O2/c1-13(2)12-25-20(26)18-7-5-4-6-17(18)19(23-25)21(27)24(3)16-10-14-8-9-15(11-16)22-14/h4-7,13-16,22H,8-12H2,1-3H3. The summed E-state index contributed by atoms with van der Waals surface area (Å²) >= 11 is 0. The van der Waals surface area contributed by atoms with Crippen LogP contribution in [0, 0.1) is 5.92 Å². The summed E-state index contributed by atoms with van der Waals surface area (Å²) in [6.45, 7) is 4.59. The minimum atomic E-state index is -0.126. The first-order chi connectivity index (χ1) is 12.9. The number of nitrogens with zero attached hydrogens (tertiary/aromatic N) is 3. The molecule has 2 saturated heterocycles. The second-order valence-electron chi connectivity index (χ2n) is 8.45. The number of hydrogen-bond acceptors (Lipinski definition) is 4. The van der Waals surface area contributed by atoms with E-state index in [2.05, 4.69) is 10.4 Å². The van der Waals surface area contributed by atoms with Gasteiger partial charge >= 0.3 is 0 Å². The molecule has 0 radical (unpaired) electrons. The molecule has 6 nitrogen and oxygen atoms in total. The van der Waals surface area contributed by atoms with Crippen LogP contribution in [0.2, 0.25) is 0 Å². The van der Waals surface area contributed by atoms with Gasteiger partial charge < -0.3 is 10.2 Å². The Bertz CT molecular complexity index is 908. The van der Waals surface area contributed by atoms with Crippen molar-refractivity contribution in [1.82, 2.24) is 20.0 Å². The molecule has 1 amide bonds. The van der Waals surface area contributed by atoms with Crippen molar-refractivity contribution >= 4 is 16.7 Å². The number of carbonyl (C=O) groups is 1. The average Bonchev–Trinajstić information content (AvgIpc) is 3.00. The summed E-state index contributed by atoms with van der Waals surface area (Å²) in [5.41, 5.74) is 0.262. The lowest BCUT2D eigenvalue weighted by Crippen LogP contribution is -2.49. The van der Waals surface area contributed by atoms with Crippen LogP contribution in [0.1, 0.15) is 50.0 Å². The maximum Gasteiger partial charge on any atom is 0.274 e. The third kappa shape index (κ3) is 3.38. The van der Waals surface area contributed by atoms with E-state index in [0.717, 1.165) is 12.8 Å². The van der Waals surface area contributed by atoms with Gasteiger partial charge in [0.25, 0.3) is 11.5 Å². The van der Waals surface area contributed by atoms with Crippen LogP contribution in [0.5, 0.6) is 0 Å². The second-order valence-corrected chi connectivity index (χ2v) is 8.45. The maximum absolute atomic E-state index is 13.4. The topological polar surface area (TPSA) is 67.2 Å². The van der Waals surface area contributed by atoms with E-state index in [0.29, 0.717) is 35.1 Å². The maximum atomic E-state index is 13.4. The molecule has 2 atom stereocenters. The molecule has 2 aromatic rings. The molecule has 2 aliphatic heterocycles. The Morgan fingerprint density at radius 1 is 1.22 bits per heavy atom. The molecular weight excluding hydrogens is 340 g/mol. The third-order valence-corrected chi connectivity index (χ3v) is 5.92. The van der Waals surface area contributed by atoms with Crippen LogP contribution in [0.15, 0.2) is 29.1 Å². The minimum Gasteiger partial charge on any atom is -0.337 e. The van der Waals surface area contributed by atoms with E-state index in [1.54, 1.807) is 6.07 Å². The van der Waals surface area contributed by atoms with E-state index in [1.807, 2.05) is 44.0 Å². The van der Waals surface area contributed by atoms with Crippen LogP contribution in [-0.4, -0.2) is 45.8 Å². The van der Waals surface area contributed by atoms with Crippen molar-refractivity contribution in [3.05, 3.63) is 40.3 Å². The molecule has 1 N–H and O–H groups in total. The summed E-state index contributed by atoms with van der Waals surface area (Å²) in [6.07, 6.45) is 4.37. The number of carbonyl (C=O) groups excluding carboxylic acids is 1. The first-order valence-corrected chi connectivity index (χ1v) is 9.97. The van der Waals surface area contributed by atoms with Gasteiger partial charge in [-0.3, -0.25) is 9.59 Å². The number of hydrogen-bond donors (Lipinski definition) is 1. The highest BCUT2D eigenvalue weighted by molar-refractivity contribution is 6.04. The Balaban J connectivity index is 1.72. The highest BCUT2D eigenvalue weighted by Gasteiger charge is 2.37. The third-order valence-electron chi connectivity index (χ3n) is 5.92. The Morgan fingerprint density at radius 2 is 1.85 bits per heavy atom. The Hall–Kier alpha value is -2.21. The normalized spacial score (nSPS) is 24.5. The van der Waals surface area contributed by atoms with Crippen LogP contribution in [0.3, 0.4) is 0 Å². The smallest absolute Gasteiger partial charge is 0.274 e. The molecule has 3 heterocycles. The number of piperidine rings is 1. The van der Waals surface area contributed by atoms with Gasteiger partial charge in [0, 0.05) is 37.1 Å². The van der Waals surface area contributed by atoms with Gasteiger partial charge in [0.2, 0.25) is 0 Å². The highest BCUT2D eigenvalue weighted by Crippen LogP contribution is 2.30. The van der Waals surface area contributed by atoms with Crippen molar-refractivity contribution < 1.29 is 4.79 Å². The van der Waals surface area contributed by atoms with Crippen molar-refractivity contribution in [3.8, 4) is 0 Å². The van der Waals surface area contributed by atoms with E-state index < -0.39 is 0 Å². The fourth-order valence-corrected chi connectivity index (χ4v) is 4.54. The van der Waals surface area contributed by atoms with E-state index in [1.165, 1.54) is 17.5 Å². The zero-order chi connectivity index (χ0) is 19.1. The molecule has 2 unspecified atom stereocenters. The molecular formula is C21H28N4O2. The van der Waals surface area contributed by atoms with Crippen LogP contribution in [-0.2, 0) is 6.54 Å². The van der Waals surface area contributed by atoms with Crippen molar-refractivity contribution in [3.63, 3.8) is 0 Å². The largest absolute Gasteiger partial charge is 0.337 e. The molecule has 0 spiro atoms. The van der Waals surface area contributed by atoms with Gasteiger partial charge in [0.1, 0.15) is 0 Å². The van der Waals surface area contributed by atoms with Crippen LogP contribution >= 0.6 is 0 Å². The average molecular weight is 368 g/mol. The van der Waals surface area contributed by atoms with Gasteiger partial charge in [0.05, 0.1) is 5.39 Å². The van der Waals surface area contributed by atoms with E-state index in [4.69, 9.17) is 0 Å². The molecule has 6 heteroatoms. The van der Waals surface area contributed by atoms with Crippen molar-refractivity contribution in [2.24, 2.45) is 5.92 Å². The predicted molar refractivity (Wildman–Crippen MR) is 106 cm³/mol. The molecule has 1 aromatic heterocycles. The van der Waals surface area contributed by atoms with Crippen molar-refractivity contribution in [2.45, 2.75) is 64.2 Å². The fraction of sp³-hybridized carbons (Fsp3) is 0.571. The monoisotopic (exact) mass is 368 g/mol. The van der Waals surface area contributed by atoms with Crippen molar-refractivity contribution in [2.75, 3.05) is 7.05 Å². The zero-order valence-electron chi connectivity index (χ0n) is 16.3. The molecule has 1 aromatic carbocycles. The lowest BCUT2D eigenvalue weighted by molar-refractivity contribution is 0.0675. The Labute approximate surface area is 159 Å². The Morgan fingerprint density at radius 3 is 2.48 bits per heavy atom. The lowest BCUT2D eigenvalue weighted by atomic mass is 9.98. The SMILES string of the molecule is CC(C)Cn1nc(C(=O)N(C)C2CC3CCC(C2)N3)c2ccccc2c1=O. The van der Waals surface area contributed by atoms with Gasteiger partial charge in [-0.25, -0.2) is 4.68 Å². The summed E-state index contributed by atoms with van der Waals surface area (Å²) in [5, 5.41) is 9.34. The van der Waals surface area contributed by atoms with Gasteiger partial charge in [-0.15, -0.1) is 0 Å². The number of nitrogens with one attached hydrogen (secondary N) is 1. The predicted octanol–water partition coefficient (Wildman–Crippen LogP) is 2.41. The molecule has 0 saturated carbocycles. The zero-order valence-corrected chi connectivity index (χ0v) is 16.3. The minimum absolute atomic E-state index is 0.0880.